The molecular weight excluding hydrogens is 270 g/mol. The summed E-state index contributed by atoms with van der Waals surface area (Å²) in [6, 6.07) is 9.90. The van der Waals surface area contributed by atoms with Crippen molar-refractivity contribution in [3.63, 3.8) is 0 Å². The monoisotopic (exact) mass is 281 g/mol. The molecule has 1 N–H and O–H groups in total. The molecule has 0 aliphatic heterocycles. The molecule has 0 spiro atoms. The highest BCUT2D eigenvalue weighted by Crippen LogP contribution is 2.20. The second kappa shape index (κ2) is 5.11. The SMILES string of the molecule is CN(c1cc(C(=O)O)nn1-c1ccccc1)[SH](=O)=O. The molecule has 8 heteroatoms. The number of thiol groups is 1. The third kappa shape index (κ3) is 2.58. The van der Waals surface area contributed by atoms with Crippen LogP contribution in [0.4, 0.5) is 5.82 Å². The van der Waals surface area contributed by atoms with Gasteiger partial charge < -0.3 is 5.11 Å². The van der Waals surface area contributed by atoms with E-state index in [1.165, 1.54) is 17.8 Å². The first-order valence-corrected chi connectivity index (χ1v) is 6.40. The number of anilines is 1. The lowest BCUT2D eigenvalue weighted by Crippen LogP contribution is -2.18. The van der Waals surface area contributed by atoms with E-state index in [4.69, 9.17) is 5.11 Å². The van der Waals surface area contributed by atoms with Gasteiger partial charge in [-0.15, -0.1) is 0 Å². The summed E-state index contributed by atoms with van der Waals surface area (Å²) in [5.41, 5.74) is 0.358. The van der Waals surface area contributed by atoms with Crippen molar-refractivity contribution in [2.24, 2.45) is 0 Å². The summed E-state index contributed by atoms with van der Waals surface area (Å²) < 4.78 is 24.3. The van der Waals surface area contributed by atoms with Gasteiger partial charge in [0.25, 0.3) is 0 Å². The topological polar surface area (TPSA) is 92.5 Å². The number of nitrogens with zero attached hydrogens (tertiary/aromatic N) is 3. The Kier molecular flexibility index (Phi) is 3.52. The molecular formula is C11H11N3O4S. The van der Waals surface area contributed by atoms with Crippen LogP contribution in [-0.4, -0.2) is 36.3 Å². The number of carboxylic acid groups (broad SMARTS) is 1. The summed E-state index contributed by atoms with van der Waals surface area (Å²) in [6.45, 7) is 0. The number of hydrogen-bond acceptors (Lipinski definition) is 4. The lowest BCUT2D eigenvalue weighted by Gasteiger charge is -2.12. The first-order valence-electron chi connectivity index (χ1n) is 5.27. The number of carbonyl (C=O) groups is 1. The van der Waals surface area contributed by atoms with Gasteiger partial charge in [0.1, 0.15) is 5.82 Å². The summed E-state index contributed by atoms with van der Waals surface area (Å²) in [5, 5.41) is 12.8. The van der Waals surface area contributed by atoms with Crippen LogP contribution in [-0.2, 0) is 10.9 Å². The fourth-order valence-electron chi connectivity index (χ4n) is 1.55. The molecule has 7 nitrogen and oxygen atoms in total. The van der Waals surface area contributed by atoms with Crippen molar-refractivity contribution in [1.82, 2.24) is 9.78 Å². The fraction of sp³-hybridized carbons (Fsp3) is 0.0909. The lowest BCUT2D eigenvalue weighted by molar-refractivity contribution is 0.0690. The zero-order valence-corrected chi connectivity index (χ0v) is 10.8. The van der Waals surface area contributed by atoms with E-state index in [1.807, 2.05) is 0 Å². The van der Waals surface area contributed by atoms with Gasteiger partial charge in [-0.05, 0) is 12.1 Å². The minimum absolute atomic E-state index is 0.166. The minimum Gasteiger partial charge on any atom is -0.476 e. The predicted molar refractivity (Wildman–Crippen MR) is 69.2 cm³/mol. The largest absolute Gasteiger partial charge is 0.476 e. The van der Waals surface area contributed by atoms with Crippen LogP contribution in [0.3, 0.4) is 0 Å². The zero-order chi connectivity index (χ0) is 14.0. The molecule has 1 heterocycles. The first-order chi connectivity index (χ1) is 9.00. The number of hydrogen-bond donors (Lipinski definition) is 2. The molecule has 0 amide bonds. The highest BCUT2D eigenvalue weighted by Gasteiger charge is 2.18. The molecule has 0 saturated carbocycles. The number of rotatable bonds is 4. The summed E-state index contributed by atoms with van der Waals surface area (Å²) in [6.07, 6.45) is 0. The maximum atomic E-state index is 11.0. The number of benzene rings is 1. The quantitative estimate of drug-likeness (QED) is 0.798. The second-order valence-corrected chi connectivity index (χ2v) is 4.78. The molecule has 0 aliphatic rings. The molecule has 2 rings (SSSR count). The van der Waals surface area contributed by atoms with Crippen molar-refractivity contribution in [1.29, 1.82) is 0 Å². The van der Waals surface area contributed by atoms with Crippen molar-refractivity contribution >= 4 is 22.7 Å². The lowest BCUT2D eigenvalue weighted by atomic mass is 10.3. The second-order valence-electron chi connectivity index (χ2n) is 3.70. The molecule has 0 aliphatic carbocycles. The van der Waals surface area contributed by atoms with E-state index in [0.717, 1.165) is 4.31 Å². The Morgan fingerprint density at radius 3 is 2.47 bits per heavy atom. The van der Waals surface area contributed by atoms with E-state index in [1.54, 1.807) is 30.3 Å². The minimum atomic E-state index is -2.87. The van der Waals surface area contributed by atoms with Gasteiger partial charge >= 0.3 is 5.97 Å². The van der Waals surface area contributed by atoms with Crippen molar-refractivity contribution < 1.29 is 18.3 Å². The molecule has 0 saturated heterocycles. The Labute approximate surface area is 110 Å². The third-order valence-corrected chi connectivity index (χ3v) is 3.18. The molecule has 1 aromatic heterocycles. The van der Waals surface area contributed by atoms with Crippen molar-refractivity contribution in [3.8, 4) is 5.69 Å². The average Bonchev–Trinajstić information content (AvgIpc) is 2.83. The molecule has 0 atom stereocenters. The summed E-state index contributed by atoms with van der Waals surface area (Å²) in [4.78, 5) is 10.9. The first kappa shape index (κ1) is 13.1. The number of para-hydroxylation sites is 1. The zero-order valence-electron chi connectivity index (χ0n) is 9.92. The smallest absolute Gasteiger partial charge is 0.356 e. The highest BCUT2D eigenvalue weighted by atomic mass is 32.2. The molecule has 0 bridgehead atoms. The van der Waals surface area contributed by atoms with Gasteiger partial charge in [-0.1, -0.05) is 18.2 Å². The van der Waals surface area contributed by atoms with Crippen LogP contribution in [0, 0.1) is 0 Å². The van der Waals surface area contributed by atoms with Gasteiger partial charge in [0, 0.05) is 13.1 Å². The van der Waals surface area contributed by atoms with E-state index in [0.29, 0.717) is 5.69 Å². The molecule has 100 valence electrons. The van der Waals surface area contributed by atoms with Crippen LogP contribution in [0.1, 0.15) is 10.5 Å². The van der Waals surface area contributed by atoms with Crippen molar-refractivity contribution in [3.05, 3.63) is 42.1 Å². The van der Waals surface area contributed by atoms with Gasteiger partial charge in [0.15, 0.2) is 5.69 Å². The fourth-order valence-corrected chi connectivity index (χ4v) is 1.86. The molecule has 0 radical (unpaired) electrons. The molecule has 2 aromatic rings. The normalized spacial score (nSPS) is 10.6. The molecule has 19 heavy (non-hydrogen) atoms. The van der Waals surface area contributed by atoms with Gasteiger partial charge in [-0.3, -0.25) is 4.31 Å². The van der Waals surface area contributed by atoms with Gasteiger partial charge in [0.2, 0.25) is 10.9 Å². The number of aromatic carboxylic acids is 1. The average molecular weight is 281 g/mol. The van der Waals surface area contributed by atoms with Crippen molar-refractivity contribution in [2.45, 2.75) is 0 Å². The summed E-state index contributed by atoms with van der Waals surface area (Å²) >= 11 is 0. The van der Waals surface area contributed by atoms with Crippen LogP contribution in [0.25, 0.3) is 5.69 Å². The standard InChI is InChI=1S/C11H11N3O4S/c1-13(19(17)18)10-7-9(11(15)16)12-14(10)8-5-3-2-4-6-8/h2-7,19H,1H3,(H,15,16). The Balaban J connectivity index is 2.61. The molecule has 0 fully saturated rings. The van der Waals surface area contributed by atoms with E-state index in [2.05, 4.69) is 5.10 Å². The van der Waals surface area contributed by atoms with Gasteiger partial charge in [-0.25, -0.2) is 17.9 Å². The predicted octanol–water partition coefficient (Wildman–Crippen LogP) is 0.533. The summed E-state index contributed by atoms with van der Waals surface area (Å²) in [7, 11) is -1.54. The van der Waals surface area contributed by atoms with Crippen LogP contribution in [0.2, 0.25) is 0 Å². The Bertz CT molecular complexity index is 671. The number of aromatic nitrogens is 2. The van der Waals surface area contributed by atoms with E-state index in [-0.39, 0.29) is 11.5 Å². The van der Waals surface area contributed by atoms with E-state index < -0.39 is 16.9 Å². The van der Waals surface area contributed by atoms with Crippen LogP contribution >= 0.6 is 0 Å². The Morgan fingerprint density at radius 2 is 1.95 bits per heavy atom. The number of carboxylic acids is 1. The maximum Gasteiger partial charge on any atom is 0.356 e. The van der Waals surface area contributed by atoms with E-state index in [9.17, 15) is 13.2 Å². The maximum absolute atomic E-state index is 11.0. The van der Waals surface area contributed by atoms with Crippen LogP contribution < -0.4 is 4.31 Å². The highest BCUT2D eigenvalue weighted by molar-refractivity contribution is 7.74. The summed E-state index contributed by atoms with van der Waals surface area (Å²) in [5.74, 6) is -1.05. The van der Waals surface area contributed by atoms with Gasteiger partial charge in [-0.2, -0.15) is 5.10 Å². The van der Waals surface area contributed by atoms with Crippen LogP contribution in [0.15, 0.2) is 36.4 Å². The molecule has 0 unspecified atom stereocenters. The van der Waals surface area contributed by atoms with E-state index >= 15 is 0 Å². The van der Waals surface area contributed by atoms with Gasteiger partial charge in [0.05, 0.1) is 5.69 Å². The van der Waals surface area contributed by atoms with Crippen molar-refractivity contribution in [2.75, 3.05) is 11.4 Å². The Morgan fingerprint density at radius 1 is 1.32 bits per heavy atom. The van der Waals surface area contributed by atoms with Crippen LogP contribution in [0.5, 0.6) is 0 Å². The third-order valence-electron chi connectivity index (χ3n) is 2.49. The molecule has 1 aromatic carbocycles. The Hall–Kier alpha value is -2.35.